The maximum atomic E-state index is 7.70. The monoisotopic (exact) mass is 1550 g/mol. The Balaban J connectivity index is 1.15. The zero-order valence-corrected chi connectivity index (χ0v) is 59.8. The average molecular weight is 1550 g/mol. The molecule has 0 saturated heterocycles. The molecule has 0 fully saturated rings. The Bertz CT molecular complexity index is 5510. The number of hydrogen-bond acceptors (Lipinski definition) is 16. The van der Waals surface area contributed by atoms with Crippen molar-refractivity contribution in [3.05, 3.63) is 169 Å². The van der Waals surface area contributed by atoms with Gasteiger partial charge in [-0.1, -0.05) is 206 Å². The van der Waals surface area contributed by atoms with Crippen LogP contribution in [0.5, 0.6) is 80.5 Å². The van der Waals surface area contributed by atoms with Crippen molar-refractivity contribution in [2.24, 2.45) is 0 Å². The van der Waals surface area contributed by atoms with Crippen molar-refractivity contribution >= 4 is 183 Å². The van der Waals surface area contributed by atoms with E-state index in [0.717, 1.165) is 5.56 Å². The smallest absolute Gasteiger partial charge is 0.211 e. The lowest BCUT2D eigenvalue weighted by Gasteiger charge is -2.18. The average Bonchev–Trinajstić information content (AvgIpc) is 1.56. The quantitative estimate of drug-likeness (QED) is 0.0917. The molecular weight excluding hydrogens is 1510 g/mol. The second-order valence-corrected chi connectivity index (χ2v) is 25.5. The van der Waals surface area contributed by atoms with Gasteiger partial charge in [0, 0.05) is 5.56 Å². The SMILES string of the molecule is COc1cccc(OC)c1Oc1c(Cl)c(Cl)c2c(c1Cl)-c1nc-2nc2[nH]c(nc3nc(nc4[nH]c(n1)c1c(Cl)c(Cl)c(Oc5c(OC)cccc5OC)c(Cl)c41)-c1c(Cl)c(Cl)c(Oc4ccccc4-c4ccccc4)c(Cl)c1-3)c1c(Cl)c(Oc3c(OC)cccc3OC)c(Cl)c(Cl)c21. The molecule has 98 heavy (non-hydrogen) atoms. The van der Waals surface area contributed by atoms with E-state index in [4.69, 9.17) is 216 Å². The number of aromatic amines is 2. The molecule has 3 aromatic heterocycles. The van der Waals surface area contributed by atoms with Crippen LogP contribution >= 0.6 is 139 Å². The van der Waals surface area contributed by atoms with Gasteiger partial charge < -0.3 is 57.3 Å². The lowest BCUT2D eigenvalue weighted by atomic mass is 10.0. The molecule has 2 N–H and O–H groups in total. The minimum atomic E-state index is -0.206. The summed E-state index contributed by atoms with van der Waals surface area (Å²) < 4.78 is 60.7. The number of nitrogens with zero attached hydrogens (tertiary/aromatic N) is 6. The molecule has 8 bridgehead atoms. The molecule has 12 aromatic rings. The van der Waals surface area contributed by atoms with Gasteiger partial charge in [-0.05, 0) is 48.0 Å². The van der Waals surface area contributed by atoms with Gasteiger partial charge in [0.05, 0.1) is 127 Å². The molecule has 0 atom stereocenters. The molecule has 0 unspecified atom stereocenters. The number of H-pyrrole nitrogens is 2. The molecule has 18 nitrogen and oxygen atoms in total. The van der Waals surface area contributed by atoms with Gasteiger partial charge in [-0.3, -0.25) is 0 Å². The van der Waals surface area contributed by atoms with E-state index >= 15 is 0 Å². The molecule has 0 saturated carbocycles. The molecule has 30 heteroatoms. The Labute approximate surface area is 614 Å². The van der Waals surface area contributed by atoms with Crippen LogP contribution in [0.4, 0.5) is 0 Å². The first-order chi connectivity index (χ1) is 47.3. The molecule has 14 rings (SSSR count). The van der Waals surface area contributed by atoms with E-state index < -0.39 is 0 Å². The number of nitrogens with one attached hydrogen (secondary N) is 2. The Morgan fingerprint density at radius 1 is 0.245 bits per heavy atom. The van der Waals surface area contributed by atoms with Gasteiger partial charge in [0.15, 0.2) is 80.8 Å². The molecule has 2 aliphatic heterocycles. The number of fused-ring (bicyclic) bond motifs is 20. The second-order valence-electron chi connectivity index (χ2n) is 20.9. The van der Waals surface area contributed by atoms with E-state index in [1.54, 1.807) is 66.7 Å². The third-order valence-electron chi connectivity index (χ3n) is 15.7. The normalized spacial score (nSPS) is 11.6. The second kappa shape index (κ2) is 26.8. The van der Waals surface area contributed by atoms with Crippen LogP contribution in [-0.4, -0.2) is 82.5 Å². The Hall–Kier alpha value is -8.18. The number of ether oxygens (including phenoxy) is 10. The molecule has 5 heterocycles. The predicted molar refractivity (Wildman–Crippen MR) is 387 cm³/mol. The van der Waals surface area contributed by atoms with E-state index in [9.17, 15) is 0 Å². The molecule has 0 amide bonds. The minimum Gasteiger partial charge on any atom is -0.493 e. The summed E-state index contributed by atoms with van der Waals surface area (Å²) in [6.07, 6.45) is 0. The van der Waals surface area contributed by atoms with Crippen LogP contribution in [0, 0.1) is 0 Å². The number of methoxy groups -OCH3 is 6. The first-order valence-corrected chi connectivity index (χ1v) is 33.0. The topological polar surface area (TPSA) is 201 Å². The number of hydrogen-bond donors (Lipinski definition) is 2. The summed E-state index contributed by atoms with van der Waals surface area (Å²) >= 11 is 89.9. The van der Waals surface area contributed by atoms with E-state index in [2.05, 4.69) is 9.97 Å². The van der Waals surface area contributed by atoms with Crippen molar-refractivity contribution in [2.75, 3.05) is 42.7 Å². The van der Waals surface area contributed by atoms with Gasteiger partial charge in [-0.15, -0.1) is 0 Å². The highest BCUT2D eigenvalue weighted by Gasteiger charge is 2.37. The molecule has 2 aliphatic rings. The standard InChI is InChI=1S/C68H38Cl12N8O10/c1-89-28-19-12-20-29(90-2)54(28)96-58-47(74)39-35(43(70)51(58)78)61-81-62-36-41(49(76)60(52(79)44(36)71)98-56-32(93-5)23-14-24-33(56)94-6)68(83-62)88-65-38-34(42(69)50(77)57(46(38)73)95-27-18-11-10-17-26(27)25-15-8-7-9-16-25)63(84-65)85-67-40-37(64(87-67)86-66(39)82-61)45(72)53(80)59(48(40)75)97-55-30(91-3)21-13-22-31(55)92-4/h7-24H,1-6H3,(H2,81,82,83,84,85,86,87,88). The van der Waals surface area contributed by atoms with Crippen LogP contribution in [0.15, 0.2) is 109 Å². The lowest BCUT2D eigenvalue weighted by molar-refractivity contribution is 0.346. The molecule has 0 radical (unpaired) electrons. The third-order valence-corrected chi connectivity index (χ3v) is 20.5. The Kier molecular flexibility index (Phi) is 18.3. The summed E-state index contributed by atoms with van der Waals surface area (Å²) in [5, 5.41) is -1.82. The number of rotatable bonds is 15. The molecular formula is C68H38Cl12N8O10. The molecule has 0 aliphatic carbocycles. The first-order valence-electron chi connectivity index (χ1n) is 28.5. The first kappa shape index (κ1) is 67.0. The molecule has 9 aromatic carbocycles. The minimum absolute atomic E-state index is 0.0172. The van der Waals surface area contributed by atoms with Gasteiger partial charge in [0.1, 0.15) is 48.4 Å². The van der Waals surface area contributed by atoms with Crippen molar-refractivity contribution in [3.63, 3.8) is 0 Å². The maximum Gasteiger partial charge on any atom is 0.211 e. The van der Waals surface area contributed by atoms with Gasteiger partial charge in [0.2, 0.25) is 17.2 Å². The van der Waals surface area contributed by atoms with Crippen LogP contribution in [0.25, 0.3) is 101 Å². The van der Waals surface area contributed by atoms with Gasteiger partial charge in [-0.25, -0.2) is 29.9 Å². The lowest BCUT2D eigenvalue weighted by Crippen LogP contribution is -1.97. The van der Waals surface area contributed by atoms with Crippen LogP contribution in [0.1, 0.15) is 0 Å². The Morgan fingerprint density at radius 3 is 0.867 bits per heavy atom. The zero-order valence-electron chi connectivity index (χ0n) is 50.7. The molecule has 0 spiro atoms. The van der Waals surface area contributed by atoms with E-state index in [-0.39, 0.29) is 225 Å². The summed E-state index contributed by atoms with van der Waals surface area (Å²) in [7, 11) is 8.67. The number of para-hydroxylation sites is 4. The highest BCUT2D eigenvalue weighted by atomic mass is 35.5. The van der Waals surface area contributed by atoms with E-state index in [1.807, 2.05) is 42.5 Å². The van der Waals surface area contributed by atoms with Gasteiger partial charge in [0.25, 0.3) is 0 Å². The third kappa shape index (κ3) is 11.0. The van der Waals surface area contributed by atoms with Crippen LogP contribution in [0.3, 0.4) is 0 Å². The van der Waals surface area contributed by atoms with Crippen LogP contribution in [-0.2, 0) is 0 Å². The summed E-state index contributed by atoms with van der Waals surface area (Å²) in [5.74, 6) is 0.733. The predicted octanol–water partition coefficient (Wildman–Crippen LogP) is 23.6. The number of halogens is 12. The Morgan fingerprint density at radius 2 is 0.520 bits per heavy atom. The fourth-order valence-electron chi connectivity index (χ4n) is 11.2. The summed E-state index contributed by atoms with van der Waals surface area (Å²) in [5.41, 5.74) is 1.29. The fourth-order valence-corrected chi connectivity index (χ4v) is 14.6. The van der Waals surface area contributed by atoms with Crippen molar-refractivity contribution in [1.82, 2.24) is 39.9 Å². The van der Waals surface area contributed by atoms with Crippen molar-refractivity contribution < 1.29 is 47.4 Å². The van der Waals surface area contributed by atoms with Crippen molar-refractivity contribution in [1.29, 1.82) is 0 Å². The van der Waals surface area contributed by atoms with Gasteiger partial charge >= 0.3 is 0 Å². The number of benzene rings is 9. The van der Waals surface area contributed by atoms with Crippen LogP contribution < -0.4 is 47.4 Å². The van der Waals surface area contributed by atoms with Crippen molar-refractivity contribution in [2.45, 2.75) is 0 Å². The van der Waals surface area contributed by atoms with E-state index in [0.29, 0.717) is 11.3 Å². The summed E-state index contributed by atoms with van der Waals surface area (Å²) in [6.45, 7) is 0. The molecule has 494 valence electrons. The highest BCUT2D eigenvalue weighted by molar-refractivity contribution is 6.53. The zero-order chi connectivity index (χ0) is 68.9. The number of aromatic nitrogens is 8. The largest absolute Gasteiger partial charge is 0.493 e. The van der Waals surface area contributed by atoms with Crippen molar-refractivity contribution in [3.8, 4) is 137 Å². The van der Waals surface area contributed by atoms with Gasteiger partial charge in [-0.2, -0.15) is 0 Å². The highest BCUT2D eigenvalue weighted by Crippen LogP contribution is 2.59. The maximum absolute atomic E-state index is 7.70. The summed E-state index contributed by atoms with van der Waals surface area (Å²) in [6, 6.07) is 31.7. The van der Waals surface area contributed by atoms with Crippen LogP contribution in [0.2, 0.25) is 60.3 Å². The fraction of sp³-hybridized carbons (Fsp3) is 0.0882. The summed E-state index contributed by atoms with van der Waals surface area (Å²) in [4.78, 5) is 37.4. The van der Waals surface area contributed by atoms with E-state index in [1.165, 1.54) is 42.7 Å².